The number of allylic oxidation sites excluding steroid dienone is 2. The van der Waals surface area contributed by atoms with Gasteiger partial charge in [-0.25, -0.2) is 0 Å². The Bertz CT molecular complexity index is 387. The van der Waals surface area contributed by atoms with E-state index in [1.807, 2.05) is 19.1 Å². The van der Waals surface area contributed by atoms with Crippen molar-refractivity contribution in [1.29, 1.82) is 0 Å². The van der Waals surface area contributed by atoms with Gasteiger partial charge in [0.25, 0.3) is 0 Å². The van der Waals surface area contributed by atoms with Gasteiger partial charge in [0, 0.05) is 4.88 Å². The van der Waals surface area contributed by atoms with E-state index in [4.69, 9.17) is 0 Å². The van der Waals surface area contributed by atoms with E-state index in [0.29, 0.717) is 0 Å². The first-order valence-electron chi connectivity index (χ1n) is 5.57. The van der Waals surface area contributed by atoms with Crippen LogP contribution in [0.2, 0.25) is 0 Å². The number of ketones is 1. The molecular formula is C13H16OS. The highest BCUT2D eigenvalue weighted by molar-refractivity contribution is 7.14. The minimum Gasteiger partial charge on any atom is -0.288 e. The number of aryl methyl sites for hydroxylation is 1. The molecule has 0 fully saturated rings. The summed E-state index contributed by atoms with van der Waals surface area (Å²) in [6.45, 7) is 2.04. The zero-order valence-electron chi connectivity index (χ0n) is 9.08. The van der Waals surface area contributed by atoms with Gasteiger partial charge in [0.15, 0.2) is 5.78 Å². The second-order valence-corrected chi connectivity index (χ2v) is 5.36. The average Bonchev–Trinajstić information content (AvgIpc) is 2.53. The van der Waals surface area contributed by atoms with Gasteiger partial charge in [-0.05, 0) is 50.3 Å². The molecule has 0 amide bonds. The first kappa shape index (κ1) is 10.6. The fraction of sp³-hybridized carbons (Fsp3) is 0.462. The summed E-state index contributed by atoms with van der Waals surface area (Å²) in [5.41, 5.74) is 1.04. The number of hydrogen-bond donors (Lipinski definition) is 0. The highest BCUT2D eigenvalue weighted by Gasteiger charge is 2.14. The molecule has 0 atom stereocenters. The van der Waals surface area contributed by atoms with Crippen LogP contribution < -0.4 is 0 Å². The SMILES string of the molecule is Cc1ccc(C(=O)C2=CCCCCC2)s1. The maximum atomic E-state index is 12.1. The van der Waals surface area contributed by atoms with Crippen LogP contribution in [0.25, 0.3) is 0 Å². The van der Waals surface area contributed by atoms with Gasteiger partial charge in [-0.2, -0.15) is 0 Å². The quantitative estimate of drug-likeness (QED) is 0.685. The van der Waals surface area contributed by atoms with Gasteiger partial charge in [-0.1, -0.05) is 12.5 Å². The van der Waals surface area contributed by atoms with E-state index in [9.17, 15) is 4.79 Å². The Kier molecular flexibility index (Phi) is 3.37. The van der Waals surface area contributed by atoms with Crippen molar-refractivity contribution in [1.82, 2.24) is 0 Å². The van der Waals surface area contributed by atoms with Crippen LogP contribution in [0.4, 0.5) is 0 Å². The molecule has 2 rings (SSSR count). The van der Waals surface area contributed by atoms with E-state index >= 15 is 0 Å². The Morgan fingerprint density at radius 3 is 2.87 bits per heavy atom. The number of hydrogen-bond acceptors (Lipinski definition) is 2. The minimum atomic E-state index is 0.259. The summed E-state index contributed by atoms with van der Waals surface area (Å²) in [4.78, 5) is 14.2. The summed E-state index contributed by atoms with van der Waals surface area (Å²) >= 11 is 1.61. The molecule has 0 N–H and O–H groups in total. The molecule has 0 saturated carbocycles. The Morgan fingerprint density at radius 2 is 2.13 bits per heavy atom. The normalized spacial score (nSPS) is 17.0. The van der Waals surface area contributed by atoms with Crippen LogP contribution in [0.3, 0.4) is 0 Å². The molecule has 0 aliphatic heterocycles. The van der Waals surface area contributed by atoms with Crippen LogP contribution in [0.1, 0.15) is 46.7 Å². The Balaban J connectivity index is 2.16. The maximum absolute atomic E-state index is 12.1. The lowest BCUT2D eigenvalue weighted by Crippen LogP contribution is -2.00. The van der Waals surface area contributed by atoms with Crippen LogP contribution in [0.15, 0.2) is 23.8 Å². The van der Waals surface area contributed by atoms with Gasteiger partial charge in [0.1, 0.15) is 0 Å². The minimum absolute atomic E-state index is 0.259. The third-order valence-corrected chi connectivity index (χ3v) is 3.80. The third kappa shape index (κ3) is 2.57. The summed E-state index contributed by atoms with van der Waals surface area (Å²) in [5, 5.41) is 0. The molecule has 1 aliphatic rings. The first-order chi connectivity index (χ1) is 7.27. The van der Waals surface area contributed by atoms with Crippen LogP contribution >= 0.6 is 11.3 Å². The van der Waals surface area contributed by atoms with Crippen LogP contribution in [0, 0.1) is 6.92 Å². The van der Waals surface area contributed by atoms with Crippen molar-refractivity contribution < 1.29 is 4.79 Å². The molecule has 1 aromatic heterocycles. The van der Waals surface area contributed by atoms with Gasteiger partial charge in [-0.3, -0.25) is 4.79 Å². The number of rotatable bonds is 2. The lowest BCUT2D eigenvalue weighted by molar-refractivity contribution is 0.103. The zero-order valence-corrected chi connectivity index (χ0v) is 9.90. The van der Waals surface area contributed by atoms with E-state index in [0.717, 1.165) is 23.3 Å². The molecule has 0 saturated heterocycles. The standard InChI is InChI=1S/C13H16OS/c1-10-8-9-12(15-10)13(14)11-6-4-2-3-5-7-11/h6,8-9H,2-5,7H2,1H3. The van der Waals surface area contributed by atoms with Crippen LogP contribution in [0.5, 0.6) is 0 Å². The van der Waals surface area contributed by atoms with Crippen molar-refractivity contribution in [3.05, 3.63) is 33.5 Å². The Labute approximate surface area is 94.8 Å². The Morgan fingerprint density at radius 1 is 1.27 bits per heavy atom. The second-order valence-electron chi connectivity index (χ2n) is 4.07. The molecule has 1 nitrogen and oxygen atoms in total. The van der Waals surface area contributed by atoms with Crippen molar-refractivity contribution in [3.8, 4) is 0 Å². The van der Waals surface area contributed by atoms with E-state index < -0.39 is 0 Å². The number of thiophene rings is 1. The van der Waals surface area contributed by atoms with Crippen molar-refractivity contribution >= 4 is 17.1 Å². The van der Waals surface area contributed by atoms with Gasteiger partial charge in [0.2, 0.25) is 0 Å². The highest BCUT2D eigenvalue weighted by Crippen LogP contribution is 2.24. The van der Waals surface area contributed by atoms with E-state index in [2.05, 4.69) is 6.08 Å². The van der Waals surface area contributed by atoms with Gasteiger partial charge in [0.05, 0.1) is 4.88 Å². The molecule has 1 aromatic rings. The average molecular weight is 220 g/mol. The van der Waals surface area contributed by atoms with Gasteiger partial charge >= 0.3 is 0 Å². The molecule has 0 spiro atoms. The van der Waals surface area contributed by atoms with Gasteiger partial charge in [-0.15, -0.1) is 11.3 Å². The van der Waals surface area contributed by atoms with E-state index in [1.165, 1.54) is 24.1 Å². The zero-order chi connectivity index (χ0) is 10.7. The van der Waals surface area contributed by atoms with E-state index in [-0.39, 0.29) is 5.78 Å². The number of carbonyl (C=O) groups excluding carboxylic acids is 1. The monoisotopic (exact) mass is 220 g/mol. The molecule has 0 unspecified atom stereocenters. The summed E-state index contributed by atoms with van der Waals surface area (Å²) in [7, 11) is 0. The Hall–Kier alpha value is -0.890. The predicted octanol–water partition coefficient (Wildman–Crippen LogP) is 4.13. The molecule has 2 heteroatoms. The van der Waals surface area contributed by atoms with Crippen molar-refractivity contribution in [2.75, 3.05) is 0 Å². The topological polar surface area (TPSA) is 17.1 Å². The number of Topliss-reactive ketones (excluding diaryl/α,β-unsaturated/α-hetero) is 1. The van der Waals surface area contributed by atoms with Crippen molar-refractivity contribution in [3.63, 3.8) is 0 Å². The van der Waals surface area contributed by atoms with Crippen LogP contribution in [-0.2, 0) is 0 Å². The molecule has 0 aromatic carbocycles. The van der Waals surface area contributed by atoms with E-state index in [1.54, 1.807) is 11.3 Å². The fourth-order valence-corrected chi connectivity index (χ4v) is 2.78. The second kappa shape index (κ2) is 4.75. The largest absolute Gasteiger partial charge is 0.288 e. The smallest absolute Gasteiger partial charge is 0.198 e. The summed E-state index contributed by atoms with van der Waals surface area (Å²) < 4.78 is 0. The number of carbonyl (C=O) groups is 1. The predicted molar refractivity (Wildman–Crippen MR) is 64.6 cm³/mol. The molecule has 1 aliphatic carbocycles. The summed E-state index contributed by atoms with van der Waals surface area (Å²) in [5.74, 6) is 0.259. The van der Waals surface area contributed by atoms with Crippen molar-refractivity contribution in [2.24, 2.45) is 0 Å². The lowest BCUT2D eigenvalue weighted by atomic mass is 10.1. The molecule has 80 valence electrons. The summed E-state index contributed by atoms with van der Waals surface area (Å²) in [6.07, 6.45) is 7.85. The van der Waals surface area contributed by atoms with Crippen LogP contribution in [-0.4, -0.2) is 5.78 Å². The van der Waals surface area contributed by atoms with Gasteiger partial charge < -0.3 is 0 Å². The summed E-state index contributed by atoms with van der Waals surface area (Å²) in [6, 6.07) is 3.98. The van der Waals surface area contributed by atoms with Crippen molar-refractivity contribution in [2.45, 2.75) is 39.0 Å². The third-order valence-electron chi connectivity index (χ3n) is 2.80. The molecular weight excluding hydrogens is 204 g/mol. The molecule has 15 heavy (non-hydrogen) atoms. The molecule has 0 radical (unpaired) electrons. The first-order valence-corrected chi connectivity index (χ1v) is 6.39. The maximum Gasteiger partial charge on any atom is 0.198 e. The molecule has 1 heterocycles. The lowest BCUT2D eigenvalue weighted by Gasteiger charge is -2.01. The fourth-order valence-electron chi connectivity index (χ4n) is 1.94. The molecule has 0 bridgehead atoms. The highest BCUT2D eigenvalue weighted by atomic mass is 32.1.